The Morgan fingerprint density at radius 1 is 1.47 bits per heavy atom. The monoisotopic (exact) mass is 218 g/mol. The summed E-state index contributed by atoms with van der Waals surface area (Å²) in [6, 6.07) is 0. The first kappa shape index (κ1) is 10.5. The van der Waals surface area contributed by atoms with Crippen molar-refractivity contribution in [1.82, 2.24) is 9.97 Å². The van der Waals surface area contributed by atoms with E-state index in [0.29, 0.717) is 0 Å². The Kier molecular flexibility index (Phi) is 2.48. The minimum Gasteiger partial charge on any atom is -0.345 e. The van der Waals surface area contributed by atoms with Crippen molar-refractivity contribution in [3.05, 3.63) is 17.2 Å². The Morgan fingerprint density at radius 2 is 2.20 bits per heavy atom. The van der Waals surface area contributed by atoms with E-state index in [2.05, 4.69) is 9.97 Å². The highest BCUT2D eigenvalue weighted by Gasteiger charge is 2.31. The second-order valence-corrected chi connectivity index (χ2v) is 4.13. The molecule has 2 nitrogen and oxygen atoms in total. The second-order valence-electron chi connectivity index (χ2n) is 4.13. The molecule has 1 aliphatic rings. The first-order valence-electron chi connectivity index (χ1n) is 5.10. The lowest BCUT2D eigenvalue weighted by Crippen LogP contribution is -2.12. The van der Waals surface area contributed by atoms with Crippen LogP contribution in [-0.4, -0.2) is 16.1 Å². The number of aryl methyl sites for hydroxylation is 1. The SMILES string of the molecule is CC1CCCc2[nH]c(CC(F)(F)F)nc21. The average Bonchev–Trinajstić information content (AvgIpc) is 2.45. The van der Waals surface area contributed by atoms with Crippen molar-refractivity contribution in [2.75, 3.05) is 0 Å². The molecule has 0 spiro atoms. The highest BCUT2D eigenvalue weighted by Crippen LogP contribution is 2.30. The Bertz CT molecular complexity index is 354. The quantitative estimate of drug-likeness (QED) is 0.771. The van der Waals surface area contributed by atoms with Gasteiger partial charge in [0.1, 0.15) is 12.2 Å². The number of H-pyrrole nitrogens is 1. The molecule has 1 aromatic rings. The smallest absolute Gasteiger partial charge is 0.345 e. The third kappa shape index (κ3) is 2.33. The fourth-order valence-corrected chi connectivity index (χ4v) is 2.07. The molecule has 0 aliphatic heterocycles. The van der Waals surface area contributed by atoms with Gasteiger partial charge in [-0.1, -0.05) is 6.92 Å². The Balaban J connectivity index is 2.22. The minimum absolute atomic E-state index is 0.0567. The van der Waals surface area contributed by atoms with Gasteiger partial charge in [0, 0.05) is 11.6 Å². The normalized spacial score (nSPS) is 21.5. The summed E-state index contributed by atoms with van der Waals surface area (Å²) in [6.45, 7) is 2.01. The summed E-state index contributed by atoms with van der Waals surface area (Å²) in [7, 11) is 0. The van der Waals surface area contributed by atoms with Crippen LogP contribution in [0, 0.1) is 0 Å². The van der Waals surface area contributed by atoms with Crippen LogP contribution < -0.4 is 0 Å². The van der Waals surface area contributed by atoms with E-state index in [1.807, 2.05) is 6.92 Å². The van der Waals surface area contributed by atoms with Gasteiger partial charge >= 0.3 is 6.18 Å². The van der Waals surface area contributed by atoms with Crippen LogP contribution in [0.5, 0.6) is 0 Å². The number of hydrogen-bond donors (Lipinski definition) is 1. The predicted octanol–water partition coefficient (Wildman–Crippen LogP) is 2.95. The molecule has 1 aliphatic carbocycles. The summed E-state index contributed by atoms with van der Waals surface area (Å²) in [6.07, 6.45) is -2.26. The summed E-state index contributed by atoms with van der Waals surface area (Å²) < 4.78 is 36.4. The molecule has 5 heteroatoms. The van der Waals surface area contributed by atoms with Gasteiger partial charge in [-0.2, -0.15) is 13.2 Å². The fraction of sp³-hybridized carbons (Fsp3) is 0.700. The lowest BCUT2D eigenvalue weighted by Gasteiger charge is -2.15. The molecule has 2 rings (SSSR count). The van der Waals surface area contributed by atoms with Gasteiger partial charge in [0.2, 0.25) is 0 Å². The van der Waals surface area contributed by atoms with Gasteiger partial charge < -0.3 is 4.98 Å². The molecule has 1 heterocycles. The van der Waals surface area contributed by atoms with Gasteiger partial charge in [0.05, 0.1) is 5.69 Å². The predicted molar refractivity (Wildman–Crippen MR) is 49.7 cm³/mol. The van der Waals surface area contributed by atoms with Gasteiger partial charge in [-0.15, -0.1) is 0 Å². The van der Waals surface area contributed by atoms with E-state index in [1.54, 1.807) is 0 Å². The molecular weight excluding hydrogens is 205 g/mol. The number of hydrogen-bond acceptors (Lipinski definition) is 1. The highest BCUT2D eigenvalue weighted by molar-refractivity contribution is 5.21. The molecule has 0 aromatic carbocycles. The summed E-state index contributed by atoms with van der Waals surface area (Å²) in [4.78, 5) is 6.83. The molecule has 0 bridgehead atoms. The van der Waals surface area contributed by atoms with E-state index >= 15 is 0 Å². The van der Waals surface area contributed by atoms with Crippen molar-refractivity contribution in [1.29, 1.82) is 0 Å². The number of aromatic amines is 1. The number of imidazole rings is 1. The van der Waals surface area contributed by atoms with E-state index in [9.17, 15) is 13.2 Å². The van der Waals surface area contributed by atoms with Crippen molar-refractivity contribution in [3.8, 4) is 0 Å². The van der Waals surface area contributed by atoms with Crippen molar-refractivity contribution in [2.45, 2.75) is 44.7 Å². The van der Waals surface area contributed by atoms with E-state index in [1.165, 1.54) is 0 Å². The zero-order valence-corrected chi connectivity index (χ0v) is 8.49. The number of halogens is 3. The topological polar surface area (TPSA) is 28.7 Å². The maximum atomic E-state index is 12.1. The van der Waals surface area contributed by atoms with Crippen LogP contribution in [0.25, 0.3) is 0 Å². The van der Waals surface area contributed by atoms with E-state index < -0.39 is 12.6 Å². The zero-order chi connectivity index (χ0) is 11.1. The Hall–Kier alpha value is -1.00. The number of alkyl halides is 3. The summed E-state index contributed by atoms with van der Waals surface area (Å²) >= 11 is 0. The lowest BCUT2D eigenvalue weighted by molar-refractivity contribution is -0.128. The largest absolute Gasteiger partial charge is 0.396 e. The third-order valence-corrected chi connectivity index (χ3v) is 2.76. The fourth-order valence-electron chi connectivity index (χ4n) is 2.07. The van der Waals surface area contributed by atoms with E-state index in [4.69, 9.17) is 0 Å². The van der Waals surface area contributed by atoms with Gasteiger partial charge in [-0.05, 0) is 19.3 Å². The first-order valence-corrected chi connectivity index (χ1v) is 5.10. The molecule has 0 saturated carbocycles. The van der Waals surface area contributed by atoms with Crippen LogP contribution in [0.1, 0.15) is 42.9 Å². The molecule has 1 N–H and O–H groups in total. The van der Waals surface area contributed by atoms with Crippen LogP contribution in [-0.2, 0) is 12.8 Å². The third-order valence-electron chi connectivity index (χ3n) is 2.76. The maximum absolute atomic E-state index is 12.1. The van der Waals surface area contributed by atoms with Crippen molar-refractivity contribution in [2.24, 2.45) is 0 Å². The number of nitrogens with zero attached hydrogens (tertiary/aromatic N) is 1. The van der Waals surface area contributed by atoms with Crippen LogP contribution in [0.4, 0.5) is 13.2 Å². The van der Waals surface area contributed by atoms with Crippen LogP contribution in [0.3, 0.4) is 0 Å². The number of rotatable bonds is 1. The Labute approximate surface area is 85.9 Å². The minimum atomic E-state index is -4.18. The van der Waals surface area contributed by atoms with Gasteiger partial charge in [0.15, 0.2) is 0 Å². The average molecular weight is 218 g/mol. The summed E-state index contributed by atoms with van der Waals surface area (Å²) in [5, 5.41) is 0. The molecule has 1 aromatic heterocycles. The van der Waals surface area contributed by atoms with Crippen LogP contribution in [0.15, 0.2) is 0 Å². The summed E-state index contributed by atoms with van der Waals surface area (Å²) in [5.41, 5.74) is 1.73. The molecule has 1 unspecified atom stereocenters. The molecule has 84 valence electrons. The van der Waals surface area contributed by atoms with Crippen molar-refractivity contribution >= 4 is 0 Å². The molecular formula is C10H13F3N2. The first-order chi connectivity index (χ1) is 6.96. The van der Waals surface area contributed by atoms with E-state index in [0.717, 1.165) is 30.7 Å². The number of aromatic nitrogens is 2. The Morgan fingerprint density at radius 3 is 2.80 bits per heavy atom. The van der Waals surface area contributed by atoms with Crippen LogP contribution in [0.2, 0.25) is 0 Å². The van der Waals surface area contributed by atoms with Gasteiger partial charge in [-0.3, -0.25) is 0 Å². The molecule has 0 saturated heterocycles. The van der Waals surface area contributed by atoms with Gasteiger partial charge in [-0.25, -0.2) is 4.98 Å². The number of nitrogens with one attached hydrogen (secondary N) is 1. The zero-order valence-electron chi connectivity index (χ0n) is 8.49. The van der Waals surface area contributed by atoms with Crippen molar-refractivity contribution < 1.29 is 13.2 Å². The van der Waals surface area contributed by atoms with Gasteiger partial charge in [0.25, 0.3) is 0 Å². The van der Waals surface area contributed by atoms with Crippen LogP contribution >= 0.6 is 0 Å². The van der Waals surface area contributed by atoms with Crippen molar-refractivity contribution in [3.63, 3.8) is 0 Å². The molecule has 0 fully saturated rings. The highest BCUT2D eigenvalue weighted by atomic mass is 19.4. The second kappa shape index (κ2) is 3.54. The molecule has 0 radical (unpaired) electrons. The van der Waals surface area contributed by atoms with E-state index in [-0.39, 0.29) is 11.7 Å². The maximum Gasteiger partial charge on any atom is 0.396 e. The lowest BCUT2D eigenvalue weighted by atomic mass is 9.92. The standard InChI is InChI=1S/C10H13F3N2/c1-6-3-2-4-7-9(6)15-8(14-7)5-10(11,12)13/h6H,2-5H2,1H3,(H,14,15). The summed E-state index contributed by atoms with van der Waals surface area (Å²) in [5.74, 6) is 0.341. The number of fused-ring (bicyclic) bond motifs is 1. The molecule has 1 atom stereocenters. The molecule has 15 heavy (non-hydrogen) atoms. The molecule has 0 amide bonds.